The molecule has 1 saturated carbocycles. The molecule has 1 N–H and O–H groups in total. The molecule has 0 bridgehead atoms. The smallest absolute Gasteiger partial charge is 0.223 e. The molecule has 1 aromatic heterocycles. The fourth-order valence-corrected chi connectivity index (χ4v) is 2.89. The molecule has 0 radical (unpaired) electrons. The molecule has 1 aromatic rings. The number of hydrogen-bond acceptors (Lipinski definition) is 4. The molecule has 2 rings (SSSR count). The molecule has 1 fully saturated rings. The van der Waals surface area contributed by atoms with E-state index in [1.807, 2.05) is 6.92 Å². The van der Waals surface area contributed by atoms with E-state index < -0.39 is 0 Å². The summed E-state index contributed by atoms with van der Waals surface area (Å²) in [6.07, 6.45) is 3.82. The van der Waals surface area contributed by atoms with Gasteiger partial charge in [0.05, 0.1) is 6.54 Å². The maximum Gasteiger partial charge on any atom is 0.223 e. The van der Waals surface area contributed by atoms with Gasteiger partial charge in [-0.3, -0.25) is 0 Å². The third-order valence-electron chi connectivity index (χ3n) is 3.79. The SMILES string of the molecule is Cc1nc(CNC2CCC(C)(C)CC2C)no1. The summed E-state index contributed by atoms with van der Waals surface area (Å²) in [7, 11) is 0. The third kappa shape index (κ3) is 3.28. The topological polar surface area (TPSA) is 51.0 Å². The van der Waals surface area contributed by atoms with Gasteiger partial charge in [0.1, 0.15) is 0 Å². The van der Waals surface area contributed by atoms with E-state index >= 15 is 0 Å². The van der Waals surface area contributed by atoms with Crippen LogP contribution in [-0.2, 0) is 6.54 Å². The van der Waals surface area contributed by atoms with Crippen LogP contribution in [0.15, 0.2) is 4.52 Å². The first kappa shape index (κ1) is 12.6. The van der Waals surface area contributed by atoms with Gasteiger partial charge in [-0.05, 0) is 30.6 Å². The zero-order chi connectivity index (χ0) is 12.5. The van der Waals surface area contributed by atoms with Crippen LogP contribution in [0.3, 0.4) is 0 Å². The summed E-state index contributed by atoms with van der Waals surface area (Å²) < 4.78 is 4.96. The van der Waals surface area contributed by atoms with Crippen LogP contribution in [0.4, 0.5) is 0 Å². The van der Waals surface area contributed by atoms with Crippen LogP contribution in [0.1, 0.15) is 51.7 Å². The van der Waals surface area contributed by atoms with Gasteiger partial charge in [-0.1, -0.05) is 25.9 Å². The van der Waals surface area contributed by atoms with Gasteiger partial charge in [0.25, 0.3) is 0 Å². The molecule has 0 aromatic carbocycles. The second-order valence-corrected chi connectivity index (χ2v) is 6.10. The van der Waals surface area contributed by atoms with Crippen molar-refractivity contribution in [1.82, 2.24) is 15.5 Å². The largest absolute Gasteiger partial charge is 0.340 e. The van der Waals surface area contributed by atoms with Crippen LogP contribution >= 0.6 is 0 Å². The van der Waals surface area contributed by atoms with Crippen molar-refractivity contribution in [2.75, 3.05) is 0 Å². The van der Waals surface area contributed by atoms with Crippen molar-refractivity contribution in [2.45, 2.75) is 59.5 Å². The van der Waals surface area contributed by atoms with Crippen molar-refractivity contribution in [3.63, 3.8) is 0 Å². The van der Waals surface area contributed by atoms with Crippen molar-refractivity contribution in [1.29, 1.82) is 0 Å². The lowest BCUT2D eigenvalue weighted by atomic mass is 9.70. The first-order valence-electron chi connectivity index (χ1n) is 6.49. The minimum absolute atomic E-state index is 0.500. The van der Waals surface area contributed by atoms with Crippen molar-refractivity contribution in [3.8, 4) is 0 Å². The highest BCUT2D eigenvalue weighted by Gasteiger charge is 2.32. The fraction of sp³-hybridized carbons (Fsp3) is 0.846. The van der Waals surface area contributed by atoms with Crippen LogP contribution in [-0.4, -0.2) is 16.2 Å². The molecule has 2 unspecified atom stereocenters. The first-order valence-corrected chi connectivity index (χ1v) is 6.49. The molecular formula is C13H23N3O. The van der Waals surface area contributed by atoms with Gasteiger partial charge in [-0.25, -0.2) is 0 Å². The van der Waals surface area contributed by atoms with Gasteiger partial charge < -0.3 is 9.84 Å². The van der Waals surface area contributed by atoms with Gasteiger partial charge in [-0.2, -0.15) is 4.98 Å². The molecule has 4 nitrogen and oxygen atoms in total. The molecule has 1 heterocycles. The Hall–Kier alpha value is -0.900. The van der Waals surface area contributed by atoms with Crippen LogP contribution < -0.4 is 5.32 Å². The maximum absolute atomic E-state index is 4.96. The number of hydrogen-bond donors (Lipinski definition) is 1. The predicted molar refractivity (Wildman–Crippen MR) is 66.5 cm³/mol. The monoisotopic (exact) mass is 237 g/mol. The second-order valence-electron chi connectivity index (χ2n) is 6.10. The van der Waals surface area contributed by atoms with Crippen LogP contribution in [0.5, 0.6) is 0 Å². The Morgan fingerprint density at radius 1 is 1.47 bits per heavy atom. The van der Waals surface area contributed by atoms with E-state index in [2.05, 4.69) is 36.2 Å². The van der Waals surface area contributed by atoms with E-state index in [0.29, 0.717) is 29.8 Å². The van der Waals surface area contributed by atoms with Crippen molar-refractivity contribution in [3.05, 3.63) is 11.7 Å². The number of nitrogens with zero attached hydrogens (tertiary/aromatic N) is 2. The average Bonchev–Trinajstić information content (AvgIpc) is 2.62. The average molecular weight is 237 g/mol. The highest BCUT2D eigenvalue weighted by Crippen LogP contribution is 2.38. The number of nitrogens with one attached hydrogen (secondary N) is 1. The molecular weight excluding hydrogens is 214 g/mol. The van der Waals surface area contributed by atoms with E-state index in [9.17, 15) is 0 Å². The lowest BCUT2D eigenvalue weighted by Gasteiger charge is -2.39. The van der Waals surface area contributed by atoms with E-state index in [-0.39, 0.29) is 0 Å². The normalized spacial score (nSPS) is 28.2. The van der Waals surface area contributed by atoms with Crippen molar-refractivity contribution in [2.24, 2.45) is 11.3 Å². The van der Waals surface area contributed by atoms with E-state index in [0.717, 1.165) is 5.82 Å². The zero-order valence-corrected chi connectivity index (χ0v) is 11.3. The summed E-state index contributed by atoms with van der Waals surface area (Å²) in [5, 5.41) is 7.46. The Kier molecular flexibility index (Phi) is 3.52. The summed E-state index contributed by atoms with van der Waals surface area (Å²) in [6, 6.07) is 0.585. The Bertz CT molecular complexity index is 372. The Labute approximate surface area is 103 Å². The van der Waals surface area contributed by atoms with Crippen LogP contribution in [0, 0.1) is 18.3 Å². The Balaban J connectivity index is 1.84. The molecule has 1 aliphatic rings. The summed E-state index contributed by atoms with van der Waals surface area (Å²) >= 11 is 0. The van der Waals surface area contributed by atoms with E-state index in [1.165, 1.54) is 19.3 Å². The van der Waals surface area contributed by atoms with Crippen molar-refractivity contribution < 1.29 is 4.52 Å². The quantitative estimate of drug-likeness (QED) is 0.878. The molecule has 0 aliphatic heterocycles. The third-order valence-corrected chi connectivity index (χ3v) is 3.79. The van der Waals surface area contributed by atoms with Gasteiger partial charge in [-0.15, -0.1) is 0 Å². The molecule has 0 amide bonds. The molecule has 4 heteroatoms. The van der Waals surface area contributed by atoms with Gasteiger partial charge >= 0.3 is 0 Å². The predicted octanol–water partition coefficient (Wildman–Crippen LogP) is 2.68. The summed E-state index contributed by atoms with van der Waals surface area (Å²) in [6.45, 7) is 9.60. The van der Waals surface area contributed by atoms with Gasteiger partial charge in [0, 0.05) is 13.0 Å². The zero-order valence-electron chi connectivity index (χ0n) is 11.3. The summed E-state index contributed by atoms with van der Waals surface area (Å²) in [5.74, 6) is 2.12. The summed E-state index contributed by atoms with van der Waals surface area (Å²) in [4.78, 5) is 4.21. The van der Waals surface area contributed by atoms with E-state index in [1.54, 1.807) is 0 Å². The molecule has 96 valence electrons. The number of aryl methyl sites for hydroxylation is 1. The standard InChI is InChI=1S/C13H23N3O/c1-9-7-13(3,4)6-5-11(9)14-8-12-15-10(2)17-16-12/h9,11,14H,5-8H2,1-4H3. The Morgan fingerprint density at radius 3 is 2.82 bits per heavy atom. The molecule has 0 spiro atoms. The van der Waals surface area contributed by atoms with E-state index in [4.69, 9.17) is 4.52 Å². The van der Waals surface area contributed by atoms with Gasteiger partial charge in [0.15, 0.2) is 5.82 Å². The minimum Gasteiger partial charge on any atom is -0.340 e. The first-order chi connectivity index (χ1) is 7.96. The lowest BCUT2D eigenvalue weighted by molar-refractivity contribution is 0.147. The summed E-state index contributed by atoms with van der Waals surface area (Å²) in [5.41, 5.74) is 0.500. The lowest BCUT2D eigenvalue weighted by Crippen LogP contribution is -2.41. The highest BCUT2D eigenvalue weighted by molar-refractivity contribution is 4.89. The van der Waals surface area contributed by atoms with Gasteiger partial charge in [0.2, 0.25) is 5.89 Å². The fourth-order valence-electron chi connectivity index (χ4n) is 2.89. The van der Waals surface area contributed by atoms with Crippen LogP contribution in [0.25, 0.3) is 0 Å². The van der Waals surface area contributed by atoms with Crippen LogP contribution in [0.2, 0.25) is 0 Å². The number of rotatable bonds is 3. The Morgan fingerprint density at radius 2 is 2.24 bits per heavy atom. The maximum atomic E-state index is 4.96. The molecule has 2 atom stereocenters. The van der Waals surface area contributed by atoms with Crippen molar-refractivity contribution >= 4 is 0 Å². The molecule has 1 aliphatic carbocycles. The highest BCUT2D eigenvalue weighted by atomic mass is 16.5. The number of aromatic nitrogens is 2. The molecule has 0 saturated heterocycles. The minimum atomic E-state index is 0.500. The second kappa shape index (κ2) is 4.77. The molecule has 17 heavy (non-hydrogen) atoms.